The Bertz CT molecular complexity index is 771. The molecular weight excluding hydrogens is 354 g/mol. The number of carbonyl (C=O) groups is 1. The molecule has 1 N–H and O–H groups in total. The summed E-state index contributed by atoms with van der Waals surface area (Å²) in [5.41, 5.74) is 2.54. The van der Waals surface area contributed by atoms with Crippen LogP contribution in [0.2, 0.25) is 0 Å². The van der Waals surface area contributed by atoms with Crippen LogP contribution in [0.15, 0.2) is 30.7 Å². The number of esters is 1. The number of aromatic nitrogens is 2. The van der Waals surface area contributed by atoms with E-state index in [0.717, 1.165) is 22.6 Å². The molecule has 6 heteroatoms. The van der Waals surface area contributed by atoms with Gasteiger partial charge in [0.05, 0.1) is 12.8 Å². The van der Waals surface area contributed by atoms with Crippen molar-refractivity contribution in [1.29, 1.82) is 0 Å². The molecule has 0 amide bonds. The van der Waals surface area contributed by atoms with Crippen molar-refractivity contribution in [3.63, 3.8) is 0 Å². The first-order chi connectivity index (χ1) is 13.0. The van der Waals surface area contributed by atoms with E-state index in [9.17, 15) is 4.79 Å². The molecule has 1 heterocycles. The number of rotatable bonds is 6. The highest BCUT2D eigenvalue weighted by molar-refractivity contribution is 5.71. The number of nitrogens with one attached hydrogen (secondary N) is 1. The number of ether oxygens (including phenoxy) is 2. The minimum atomic E-state index is -0.371. The number of benzene rings is 1. The van der Waals surface area contributed by atoms with Gasteiger partial charge in [0.15, 0.2) is 6.61 Å². The molecule has 1 aromatic carbocycles. The lowest BCUT2D eigenvalue weighted by Gasteiger charge is -2.30. The second kappa shape index (κ2) is 8.59. The smallest absolute Gasteiger partial charge is 0.344 e. The van der Waals surface area contributed by atoms with Gasteiger partial charge in [0, 0.05) is 29.2 Å². The molecule has 1 aromatic heterocycles. The molecule has 0 radical (unpaired) electrons. The van der Waals surface area contributed by atoms with Crippen LogP contribution in [-0.2, 0) is 20.4 Å². The first-order valence-electron chi connectivity index (χ1n) is 9.53. The van der Waals surface area contributed by atoms with Crippen LogP contribution in [0.1, 0.15) is 59.6 Å². The van der Waals surface area contributed by atoms with Crippen LogP contribution in [0.3, 0.4) is 0 Å². The Labute approximate surface area is 167 Å². The SMILES string of the molecule is CCOC(=O)COc1c(C(C)(C)C)cc(Nc2cnccn2)cc1C(C)(C)C. The summed E-state index contributed by atoms with van der Waals surface area (Å²) in [5.74, 6) is 1.03. The van der Waals surface area contributed by atoms with Gasteiger partial charge in [-0.2, -0.15) is 0 Å². The largest absolute Gasteiger partial charge is 0.481 e. The Morgan fingerprint density at radius 1 is 1.04 bits per heavy atom. The van der Waals surface area contributed by atoms with Crippen molar-refractivity contribution in [2.24, 2.45) is 0 Å². The fourth-order valence-corrected chi connectivity index (χ4v) is 2.82. The van der Waals surface area contributed by atoms with Gasteiger partial charge in [0.2, 0.25) is 0 Å². The van der Waals surface area contributed by atoms with Crippen LogP contribution in [0.5, 0.6) is 5.75 Å². The average Bonchev–Trinajstić information content (AvgIpc) is 2.59. The van der Waals surface area contributed by atoms with E-state index in [1.165, 1.54) is 0 Å². The molecule has 28 heavy (non-hydrogen) atoms. The van der Waals surface area contributed by atoms with Crippen LogP contribution >= 0.6 is 0 Å². The highest BCUT2D eigenvalue weighted by Gasteiger charge is 2.28. The molecule has 0 bridgehead atoms. The first kappa shape index (κ1) is 21.7. The van der Waals surface area contributed by atoms with Gasteiger partial charge in [-0.05, 0) is 29.9 Å². The molecule has 152 valence electrons. The molecule has 0 aliphatic carbocycles. The summed E-state index contributed by atoms with van der Waals surface area (Å²) in [7, 11) is 0. The maximum absolute atomic E-state index is 11.9. The maximum Gasteiger partial charge on any atom is 0.344 e. The van der Waals surface area contributed by atoms with Gasteiger partial charge < -0.3 is 14.8 Å². The highest BCUT2D eigenvalue weighted by Crippen LogP contribution is 2.42. The molecule has 0 fully saturated rings. The molecule has 0 spiro atoms. The first-order valence-corrected chi connectivity index (χ1v) is 9.53. The molecule has 6 nitrogen and oxygen atoms in total. The molecule has 2 aromatic rings. The van der Waals surface area contributed by atoms with Crippen molar-refractivity contribution in [3.8, 4) is 5.75 Å². The minimum absolute atomic E-state index is 0.114. The van der Waals surface area contributed by atoms with Gasteiger partial charge in [-0.1, -0.05) is 41.5 Å². The summed E-state index contributed by atoms with van der Waals surface area (Å²) >= 11 is 0. The minimum Gasteiger partial charge on any atom is -0.481 e. The Hall–Kier alpha value is -2.63. The summed E-state index contributed by atoms with van der Waals surface area (Å²) in [6, 6.07) is 4.09. The number of hydrogen-bond donors (Lipinski definition) is 1. The highest BCUT2D eigenvalue weighted by atomic mass is 16.6. The molecule has 0 aliphatic rings. The Morgan fingerprint density at radius 3 is 2.11 bits per heavy atom. The van der Waals surface area contributed by atoms with Crippen LogP contribution in [0.4, 0.5) is 11.5 Å². The Balaban J connectivity index is 2.53. The zero-order valence-corrected chi connectivity index (χ0v) is 17.9. The third-order valence-corrected chi connectivity index (χ3v) is 4.18. The third kappa shape index (κ3) is 5.68. The summed E-state index contributed by atoms with van der Waals surface area (Å²) in [4.78, 5) is 20.3. The molecule has 0 aliphatic heterocycles. The predicted octanol–water partition coefficient (Wildman–Crippen LogP) is 4.76. The van der Waals surface area contributed by atoms with E-state index in [1.54, 1.807) is 25.5 Å². The predicted molar refractivity (Wildman–Crippen MR) is 111 cm³/mol. The second-order valence-electron chi connectivity index (χ2n) is 8.71. The van der Waals surface area contributed by atoms with Crippen LogP contribution in [0.25, 0.3) is 0 Å². The van der Waals surface area contributed by atoms with E-state index in [4.69, 9.17) is 9.47 Å². The molecule has 2 rings (SSSR count). The van der Waals surface area contributed by atoms with Crippen molar-refractivity contribution in [3.05, 3.63) is 41.9 Å². The monoisotopic (exact) mass is 385 g/mol. The summed E-state index contributed by atoms with van der Waals surface area (Å²) in [6.07, 6.45) is 4.96. The van der Waals surface area contributed by atoms with E-state index in [-0.39, 0.29) is 23.4 Å². The lowest BCUT2D eigenvalue weighted by atomic mass is 9.79. The van der Waals surface area contributed by atoms with Crippen molar-refractivity contribution in [1.82, 2.24) is 9.97 Å². The zero-order valence-electron chi connectivity index (χ0n) is 17.9. The molecule has 0 saturated carbocycles. The number of nitrogens with zero attached hydrogens (tertiary/aromatic N) is 2. The fraction of sp³-hybridized carbons (Fsp3) is 0.500. The quantitative estimate of drug-likeness (QED) is 0.723. The standard InChI is InChI=1S/C22H31N3O3/c1-8-27-19(26)14-28-20-16(21(2,3)4)11-15(12-17(20)22(5,6)7)25-18-13-23-9-10-24-18/h9-13H,8,14H2,1-7H3,(H,24,25). The maximum atomic E-state index is 11.9. The van der Waals surface area contributed by atoms with E-state index < -0.39 is 0 Å². The van der Waals surface area contributed by atoms with E-state index in [2.05, 4.69) is 56.8 Å². The number of carbonyl (C=O) groups excluding carboxylic acids is 1. The average molecular weight is 386 g/mol. The van der Waals surface area contributed by atoms with Gasteiger partial charge in [0.1, 0.15) is 11.6 Å². The summed E-state index contributed by atoms with van der Waals surface area (Å²) < 4.78 is 11.0. The van der Waals surface area contributed by atoms with Gasteiger partial charge >= 0.3 is 5.97 Å². The van der Waals surface area contributed by atoms with E-state index in [0.29, 0.717) is 12.4 Å². The fourth-order valence-electron chi connectivity index (χ4n) is 2.82. The number of hydrogen-bond acceptors (Lipinski definition) is 6. The molecule has 0 unspecified atom stereocenters. The normalized spacial score (nSPS) is 11.8. The van der Waals surface area contributed by atoms with E-state index in [1.807, 2.05) is 12.1 Å². The zero-order chi connectivity index (χ0) is 20.9. The molecule has 0 saturated heterocycles. The Kier molecular flexibility index (Phi) is 6.65. The summed E-state index contributed by atoms with van der Waals surface area (Å²) in [5, 5.41) is 3.32. The lowest BCUT2D eigenvalue weighted by molar-refractivity contribution is -0.145. The van der Waals surface area contributed by atoms with Crippen molar-refractivity contribution < 1.29 is 14.3 Å². The molecule has 0 atom stereocenters. The van der Waals surface area contributed by atoms with Gasteiger partial charge in [-0.15, -0.1) is 0 Å². The second-order valence-corrected chi connectivity index (χ2v) is 8.71. The molecular formula is C22H31N3O3. The van der Waals surface area contributed by atoms with Crippen molar-refractivity contribution in [2.45, 2.75) is 59.3 Å². The van der Waals surface area contributed by atoms with Gasteiger partial charge in [-0.3, -0.25) is 4.98 Å². The van der Waals surface area contributed by atoms with E-state index >= 15 is 0 Å². The van der Waals surface area contributed by atoms with Crippen molar-refractivity contribution in [2.75, 3.05) is 18.5 Å². The van der Waals surface area contributed by atoms with Crippen LogP contribution < -0.4 is 10.1 Å². The summed E-state index contributed by atoms with van der Waals surface area (Å²) in [6.45, 7) is 14.7. The number of anilines is 2. The van der Waals surface area contributed by atoms with Gasteiger partial charge in [-0.25, -0.2) is 9.78 Å². The Morgan fingerprint density at radius 2 is 1.64 bits per heavy atom. The van der Waals surface area contributed by atoms with Crippen LogP contribution in [-0.4, -0.2) is 29.2 Å². The lowest BCUT2D eigenvalue weighted by Crippen LogP contribution is -2.23. The third-order valence-electron chi connectivity index (χ3n) is 4.18. The van der Waals surface area contributed by atoms with Crippen LogP contribution in [0, 0.1) is 0 Å². The van der Waals surface area contributed by atoms with Crippen molar-refractivity contribution >= 4 is 17.5 Å². The van der Waals surface area contributed by atoms with Gasteiger partial charge in [0.25, 0.3) is 0 Å². The topological polar surface area (TPSA) is 73.3 Å².